The van der Waals surface area contributed by atoms with Gasteiger partial charge in [0.05, 0.1) is 0 Å². The molecule has 14 heavy (non-hydrogen) atoms. The normalized spacial score (nSPS) is 10.6. The summed E-state index contributed by atoms with van der Waals surface area (Å²) in [5, 5.41) is 10.0. The fraction of sp³-hybridized carbons (Fsp3) is 0.538. The van der Waals surface area contributed by atoms with Crippen molar-refractivity contribution in [3.05, 3.63) is 27.8 Å². The van der Waals surface area contributed by atoms with Gasteiger partial charge in [0.1, 0.15) is 5.75 Å². The molecule has 0 spiro atoms. The van der Waals surface area contributed by atoms with E-state index in [1.807, 2.05) is 6.92 Å². The maximum Gasteiger partial charge on any atom is 0.122 e. The highest BCUT2D eigenvalue weighted by molar-refractivity contribution is 5.53. The molecule has 0 atom stereocenters. The van der Waals surface area contributed by atoms with Crippen LogP contribution in [0.25, 0.3) is 0 Å². The van der Waals surface area contributed by atoms with E-state index in [9.17, 15) is 5.11 Å². The van der Waals surface area contributed by atoms with E-state index in [0.717, 1.165) is 24.0 Å². The van der Waals surface area contributed by atoms with Crippen molar-refractivity contribution < 1.29 is 5.11 Å². The summed E-state index contributed by atoms with van der Waals surface area (Å²) in [7, 11) is 0. The molecule has 1 heteroatoms. The summed E-state index contributed by atoms with van der Waals surface area (Å²) in [5.41, 5.74) is 6.08. The first-order valence-electron chi connectivity index (χ1n) is 5.34. The standard InChI is InChI=1S/C13H20O/c1-6-11-9(4)8(3)10(5)13(14)12(11)7-2/h14H,6-7H2,1-5H3. The molecule has 1 nitrogen and oxygen atoms in total. The molecule has 0 fully saturated rings. The quantitative estimate of drug-likeness (QED) is 0.761. The zero-order chi connectivity index (χ0) is 10.9. The minimum atomic E-state index is 0.507. The van der Waals surface area contributed by atoms with Crippen LogP contribution in [-0.4, -0.2) is 5.11 Å². The average Bonchev–Trinajstić information content (AvgIpc) is 2.20. The number of phenols is 1. The van der Waals surface area contributed by atoms with Crippen LogP contribution in [0.2, 0.25) is 0 Å². The largest absolute Gasteiger partial charge is 0.507 e. The van der Waals surface area contributed by atoms with E-state index in [-0.39, 0.29) is 0 Å². The smallest absolute Gasteiger partial charge is 0.122 e. The van der Waals surface area contributed by atoms with Crippen LogP contribution in [-0.2, 0) is 12.8 Å². The highest BCUT2D eigenvalue weighted by Gasteiger charge is 2.13. The van der Waals surface area contributed by atoms with Gasteiger partial charge in [-0.05, 0) is 61.4 Å². The SMILES string of the molecule is CCc1c(C)c(C)c(C)c(O)c1CC. The Morgan fingerprint density at radius 1 is 0.786 bits per heavy atom. The molecule has 0 saturated heterocycles. The Kier molecular flexibility index (Phi) is 3.20. The molecule has 1 aromatic carbocycles. The van der Waals surface area contributed by atoms with Crippen LogP contribution in [0.5, 0.6) is 5.75 Å². The molecule has 0 aromatic heterocycles. The van der Waals surface area contributed by atoms with Crippen LogP contribution < -0.4 is 0 Å². The topological polar surface area (TPSA) is 20.2 Å². The van der Waals surface area contributed by atoms with Crippen LogP contribution in [0.1, 0.15) is 41.7 Å². The highest BCUT2D eigenvalue weighted by atomic mass is 16.3. The summed E-state index contributed by atoms with van der Waals surface area (Å²) in [4.78, 5) is 0. The summed E-state index contributed by atoms with van der Waals surface area (Å²) in [6.07, 6.45) is 1.92. The van der Waals surface area contributed by atoms with Crippen molar-refractivity contribution in [2.24, 2.45) is 0 Å². The minimum absolute atomic E-state index is 0.507. The Balaban J connectivity index is 3.57. The lowest BCUT2D eigenvalue weighted by molar-refractivity contribution is 0.462. The van der Waals surface area contributed by atoms with Gasteiger partial charge in [-0.3, -0.25) is 0 Å². The fourth-order valence-corrected chi connectivity index (χ4v) is 2.14. The molecule has 78 valence electrons. The zero-order valence-electron chi connectivity index (χ0n) is 9.86. The Bertz CT molecular complexity index is 316. The molecular weight excluding hydrogens is 172 g/mol. The van der Waals surface area contributed by atoms with Gasteiger partial charge in [0.2, 0.25) is 0 Å². The van der Waals surface area contributed by atoms with Crippen molar-refractivity contribution in [2.75, 3.05) is 0 Å². The monoisotopic (exact) mass is 192 g/mol. The fourth-order valence-electron chi connectivity index (χ4n) is 2.14. The molecule has 0 bridgehead atoms. The van der Waals surface area contributed by atoms with Gasteiger partial charge in [-0.15, -0.1) is 0 Å². The molecule has 1 rings (SSSR count). The molecule has 0 aliphatic heterocycles. The van der Waals surface area contributed by atoms with E-state index >= 15 is 0 Å². The van der Waals surface area contributed by atoms with Gasteiger partial charge in [0, 0.05) is 0 Å². The third-order valence-electron chi connectivity index (χ3n) is 3.29. The van der Waals surface area contributed by atoms with Gasteiger partial charge < -0.3 is 5.11 Å². The summed E-state index contributed by atoms with van der Waals surface area (Å²) >= 11 is 0. The lowest BCUT2D eigenvalue weighted by atomic mass is 9.90. The van der Waals surface area contributed by atoms with Gasteiger partial charge >= 0.3 is 0 Å². The second-order valence-electron chi connectivity index (χ2n) is 3.89. The number of benzene rings is 1. The summed E-state index contributed by atoms with van der Waals surface area (Å²) in [6, 6.07) is 0. The van der Waals surface area contributed by atoms with Crippen LogP contribution >= 0.6 is 0 Å². The molecule has 1 aromatic rings. The van der Waals surface area contributed by atoms with Crippen molar-refractivity contribution in [1.82, 2.24) is 0 Å². The Morgan fingerprint density at radius 3 is 1.71 bits per heavy atom. The third-order valence-corrected chi connectivity index (χ3v) is 3.29. The van der Waals surface area contributed by atoms with E-state index in [2.05, 4.69) is 27.7 Å². The highest BCUT2D eigenvalue weighted by Crippen LogP contribution is 2.32. The molecule has 0 amide bonds. The van der Waals surface area contributed by atoms with Crippen molar-refractivity contribution in [1.29, 1.82) is 0 Å². The van der Waals surface area contributed by atoms with Crippen LogP contribution in [0.15, 0.2) is 0 Å². The predicted octanol–water partition coefficient (Wildman–Crippen LogP) is 3.44. The summed E-state index contributed by atoms with van der Waals surface area (Å²) in [6.45, 7) is 10.5. The average molecular weight is 192 g/mol. The van der Waals surface area contributed by atoms with Crippen molar-refractivity contribution in [2.45, 2.75) is 47.5 Å². The van der Waals surface area contributed by atoms with Crippen LogP contribution in [0.4, 0.5) is 0 Å². The van der Waals surface area contributed by atoms with Crippen molar-refractivity contribution in [3.63, 3.8) is 0 Å². The number of aromatic hydroxyl groups is 1. The molecule has 1 N–H and O–H groups in total. The first-order valence-corrected chi connectivity index (χ1v) is 5.34. The zero-order valence-corrected chi connectivity index (χ0v) is 9.86. The number of hydrogen-bond donors (Lipinski definition) is 1. The van der Waals surface area contributed by atoms with Gasteiger partial charge in [-0.1, -0.05) is 13.8 Å². The molecular formula is C13H20O. The number of hydrogen-bond acceptors (Lipinski definition) is 1. The van der Waals surface area contributed by atoms with Gasteiger partial charge in [0.15, 0.2) is 0 Å². The summed E-state index contributed by atoms with van der Waals surface area (Å²) < 4.78 is 0. The second-order valence-corrected chi connectivity index (χ2v) is 3.89. The predicted molar refractivity (Wildman–Crippen MR) is 61.1 cm³/mol. The lowest BCUT2D eigenvalue weighted by Gasteiger charge is -2.17. The van der Waals surface area contributed by atoms with Crippen molar-refractivity contribution >= 4 is 0 Å². The molecule has 0 heterocycles. The first-order chi connectivity index (χ1) is 6.54. The maximum absolute atomic E-state index is 10.0. The molecule has 0 unspecified atom stereocenters. The molecule has 0 aliphatic rings. The Labute approximate surface area is 86.8 Å². The van der Waals surface area contributed by atoms with Crippen LogP contribution in [0.3, 0.4) is 0 Å². The maximum atomic E-state index is 10.0. The van der Waals surface area contributed by atoms with E-state index in [1.165, 1.54) is 16.7 Å². The van der Waals surface area contributed by atoms with Gasteiger partial charge in [0.25, 0.3) is 0 Å². The second kappa shape index (κ2) is 4.04. The molecule has 0 radical (unpaired) electrons. The van der Waals surface area contributed by atoms with E-state index < -0.39 is 0 Å². The summed E-state index contributed by atoms with van der Waals surface area (Å²) in [5.74, 6) is 0.507. The van der Waals surface area contributed by atoms with Gasteiger partial charge in [-0.2, -0.15) is 0 Å². The third kappa shape index (κ3) is 1.52. The minimum Gasteiger partial charge on any atom is -0.507 e. The van der Waals surface area contributed by atoms with E-state index in [1.54, 1.807) is 0 Å². The first kappa shape index (κ1) is 11.1. The van der Waals surface area contributed by atoms with E-state index in [4.69, 9.17) is 0 Å². The van der Waals surface area contributed by atoms with Gasteiger partial charge in [-0.25, -0.2) is 0 Å². The number of rotatable bonds is 2. The van der Waals surface area contributed by atoms with Crippen LogP contribution in [0, 0.1) is 20.8 Å². The molecule has 0 saturated carbocycles. The van der Waals surface area contributed by atoms with Crippen molar-refractivity contribution in [3.8, 4) is 5.75 Å². The lowest BCUT2D eigenvalue weighted by Crippen LogP contribution is -2.01. The molecule has 0 aliphatic carbocycles. The Morgan fingerprint density at radius 2 is 1.29 bits per heavy atom. The number of phenolic OH excluding ortho intramolecular Hbond substituents is 1. The Hall–Kier alpha value is -0.980. The van der Waals surface area contributed by atoms with E-state index in [0.29, 0.717) is 5.75 Å².